The summed E-state index contributed by atoms with van der Waals surface area (Å²) >= 11 is 5.00. The predicted molar refractivity (Wildman–Crippen MR) is 77.9 cm³/mol. The Hall–Kier alpha value is -1.62. The highest BCUT2D eigenvalue weighted by atomic mass is 32.1. The van der Waals surface area contributed by atoms with Gasteiger partial charge in [0.25, 0.3) is 0 Å². The third-order valence-electron chi connectivity index (χ3n) is 3.75. The number of hydrogen-bond donors (Lipinski definition) is 3. The number of benzene rings is 1. The molecule has 1 aliphatic carbocycles. The number of aromatic hydroxyl groups is 1. The molecule has 1 aliphatic rings. The lowest BCUT2D eigenvalue weighted by Gasteiger charge is -2.39. The molecule has 1 saturated carbocycles. The zero-order chi connectivity index (χ0) is 13.9. The van der Waals surface area contributed by atoms with Crippen LogP contribution in [0.3, 0.4) is 0 Å². The lowest BCUT2D eigenvalue weighted by molar-refractivity contribution is -0.130. The van der Waals surface area contributed by atoms with Gasteiger partial charge in [-0.1, -0.05) is 30.8 Å². The van der Waals surface area contributed by atoms with Crippen LogP contribution < -0.4 is 11.1 Å². The molecule has 19 heavy (non-hydrogen) atoms. The first-order valence-corrected chi connectivity index (χ1v) is 6.81. The quantitative estimate of drug-likeness (QED) is 0.714. The summed E-state index contributed by atoms with van der Waals surface area (Å²) in [6.45, 7) is 0.550. The summed E-state index contributed by atoms with van der Waals surface area (Å²) < 4.78 is 0. The summed E-state index contributed by atoms with van der Waals surface area (Å²) in [5.74, 6) is 0.194. The van der Waals surface area contributed by atoms with Crippen molar-refractivity contribution in [3.05, 3.63) is 29.8 Å². The van der Waals surface area contributed by atoms with E-state index in [9.17, 15) is 9.90 Å². The number of phenolic OH excluding ortho intramolecular Hbond substituents is 1. The van der Waals surface area contributed by atoms with Crippen molar-refractivity contribution < 1.29 is 9.90 Å². The topological polar surface area (TPSA) is 75.4 Å². The Bertz CT molecular complexity index is 481. The van der Waals surface area contributed by atoms with E-state index in [0.29, 0.717) is 11.5 Å². The molecule has 1 aromatic rings. The van der Waals surface area contributed by atoms with Gasteiger partial charge in [0, 0.05) is 6.54 Å². The molecule has 4 N–H and O–H groups in total. The standard InChI is InChI=1S/C14H18N2O2S/c15-12(19)14(7-1-8-14)13(18)16-9-6-10-2-4-11(17)5-3-10/h2-5,17H,1,6-9H2,(H2,15,19)(H,16,18). The average Bonchev–Trinajstić information content (AvgIpc) is 2.29. The maximum atomic E-state index is 12.1. The molecule has 0 aromatic heterocycles. The van der Waals surface area contributed by atoms with Gasteiger partial charge in [-0.15, -0.1) is 0 Å². The Morgan fingerprint density at radius 3 is 2.47 bits per heavy atom. The van der Waals surface area contributed by atoms with Crippen molar-refractivity contribution in [1.82, 2.24) is 5.32 Å². The van der Waals surface area contributed by atoms with Crippen molar-refractivity contribution in [2.75, 3.05) is 6.54 Å². The third kappa shape index (κ3) is 2.87. The van der Waals surface area contributed by atoms with E-state index in [1.807, 2.05) is 12.1 Å². The Kier molecular flexibility index (Phi) is 4.04. The number of carbonyl (C=O) groups is 1. The lowest BCUT2D eigenvalue weighted by atomic mass is 9.68. The van der Waals surface area contributed by atoms with Gasteiger partial charge in [-0.2, -0.15) is 0 Å². The minimum Gasteiger partial charge on any atom is -0.508 e. The molecular formula is C14H18N2O2S. The fourth-order valence-electron chi connectivity index (χ4n) is 2.27. The largest absolute Gasteiger partial charge is 0.508 e. The highest BCUT2D eigenvalue weighted by Gasteiger charge is 2.46. The molecule has 0 aliphatic heterocycles. The van der Waals surface area contributed by atoms with Crippen LogP contribution in [0, 0.1) is 5.41 Å². The molecule has 4 nitrogen and oxygen atoms in total. The fraction of sp³-hybridized carbons (Fsp3) is 0.429. The Morgan fingerprint density at radius 1 is 1.37 bits per heavy atom. The number of amides is 1. The average molecular weight is 278 g/mol. The van der Waals surface area contributed by atoms with E-state index < -0.39 is 5.41 Å². The van der Waals surface area contributed by atoms with Crippen LogP contribution in [0.4, 0.5) is 0 Å². The number of thiocarbonyl (C=S) groups is 1. The van der Waals surface area contributed by atoms with Crippen LogP contribution in [-0.2, 0) is 11.2 Å². The number of carbonyl (C=O) groups excluding carboxylic acids is 1. The van der Waals surface area contributed by atoms with E-state index >= 15 is 0 Å². The first-order valence-electron chi connectivity index (χ1n) is 6.41. The number of phenols is 1. The van der Waals surface area contributed by atoms with E-state index in [1.54, 1.807) is 12.1 Å². The van der Waals surface area contributed by atoms with Crippen LogP contribution in [0.25, 0.3) is 0 Å². The van der Waals surface area contributed by atoms with Crippen molar-refractivity contribution in [1.29, 1.82) is 0 Å². The summed E-state index contributed by atoms with van der Waals surface area (Å²) in [4.78, 5) is 12.4. The van der Waals surface area contributed by atoms with Crippen LogP contribution in [0.15, 0.2) is 24.3 Å². The van der Waals surface area contributed by atoms with Gasteiger partial charge in [0.05, 0.1) is 10.4 Å². The molecule has 1 fully saturated rings. The summed E-state index contributed by atoms with van der Waals surface area (Å²) in [5, 5.41) is 12.1. The van der Waals surface area contributed by atoms with E-state index in [2.05, 4.69) is 5.32 Å². The van der Waals surface area contributed by atoms with Crippen LogP contribution >= 0.6 is 12.2 Å². The zero-order valence-corrected chi connectivity index (χ0v) is 11.5. The van der Waals surface area contributed by atoms with Crippen molar-refractivity contribution in [2.45, 2.75) is 25.7 Å². The molecular weight excluding hydrogens is 260 g/mol. The summed E-state index contributed by atoms with van der Waals surface area (Å²) in [5.41, 5.74) is 6.13. The van der Waals surface area contributed by atoms with Gasteiger partial charge in [0.1, 0.15) is 5.75 Å². The number of nitrogens with two attached hydrogens (primary N) is 1. The molecule has 2 rings (SSSR count). The summed E-state index contributed by atoms with van der Waals surface area (Å²) in [6, 6.07) is 6.96. The SMILES string of the molecule is NC(=S)C1(C(=O)NCCc2ccc(O)cc2)CCC1. The van der Waals surface area contributed by atoms with Gasteiger partial charge >= 0.3 is 0 Å². The number of rotatable bonds is 5. The van der Waals surface area contributed by atoms with Crippen molar-refractivity contribution in [2.24, 2.45) is 11.1 Å². The normalized spacial score (nSPS) is 16.4. The lowest BCUT2D eigenvalue weighted by Crippen LogP contribution is -2.53. The molecule has 0 heterocycles. The van der Waals surface area contributed by atoms with E-state index in [4.69, 9.17) is 18.0 Å². The van der Waals surface area contributed by atoms with Gasteiger partial charge in [-0.25, -0.2) is 0 Å². The van der Waals surface area contributed by atoms with Crippen molar-refractivity contribution >= 4 is 23.1 Å². The number of hydrogen-bond acceptors (Lipinski definition) is 3. The minimum atomic E-state index is -0.607. The molecule has 0 saturated heterocycles. The third-order valence-corrected chi connectivity index (χ3v) is 4.14. The molecule has 1 aromatic carbocycles. The number of nitrogens with one attached hydrogen (secondary N) is 1. The van der Waals surface area contributed by atoms with E-state index in [0.717, 1.165) is 31.2 Å². The molecule has 0 unspecified atom stereocenters. The maximum absolute atomic E-state index is 12.1. The molecule has 102 valence electrons. The second-order valence-corrected chi connectivity index (χ2v) is 5.41. The van der Waals surface area contributed by atoms with Crippen molar-refractivity contribution in [3.63, 3.8) is 0 Å². The highest BCUT2D eigenvalue weighted by molar-refractivity contribution is 7.80. The monoisotopic (exact) mass is 278 g/mol. The second kappa shape index (κ2) is 5.57. The van der Waals surface area contributed by atoms with Crippen LogP contribution in [0.1, 0.15) is 24.8 Å². The van der Waals surface area contributed by atoms with Crippen molar-refractivity contribution in [3.8, 4) is 5.75 Å². The minimum absolute atomic E-state index is 0.0509. The first kappa shape index (κ1) is 13.8. The molecule has 1 amide bonds. The van der Waals surface area contributed by atoms with Gasteiger partial charge in [0.2, 0.25) is 5.91 Å². The van der Waals surface area contributed by atoms with Gasteiger partial charge in [0.15, 0.2) is 0 Å². The van der Waals surface area contributed by atoms with Gasteiger partial charge in [-0.3, -0.25) is 4.79 Å². The molecule has 0 radical (unpaired) electrons. The molecule has 0 atom stereocenters. The van der Waals surface area contributed by atoms with Crippen LogP contribution in [0.5, 0.6) is 5.75 Å². The maximum Gasteiger partial charge on any atom is 0.233 e. The summed E-state index contributed by atoms with van der Waals surface area (Å²) in [7, 11) is 0. The Balaban J connectivity index is 1.84. The van der Waals surface area contributed by atoms with E-state index in [-0.39, 0.29) is 11.7 Å². The van der Waals surface area contributed by atoms with Crippen LogP contribution in [-0.4, -0.2) is 22.5 Å². The smallest absolute Gasteiger partial charge is 0.233 e. The summed E-state index contributed by atoms with van der Waals surface area (Å²) in [6.07, 6.45) is 3.24. The van der Waals surface area contributed by atoms with Crippen LogP contribution in [0.2, 0.25) is 0 Å². The van der Waals surface area contributed by atoms with E-state index in [1.165, 1.54) is 0 Å². The fourth-order valence-corrected chi connectivity index (χ4v) is 2.56. The highest BCUT2D eigenvalue weighted by Crippen LogP contribution is 2.41. The Labute approximate surface area is 118 Å². The van der Waals surface area contributed by atoms with Gasteiger partial charge < -0.3 is 16.2 Å². The second-order valence-electron chi connectivity index (χ2n) is 4.97. The Morgan fingerprint density at radius 2 is 2.00 bits per heavy atom. The predicted octanol–water partition coefficient (Wildman–Crippen LogP) is 1.51. The van der Waals surface area contributed by atoms with Gasteiger partial charge in [-0.05, 0) is 37.0 Å². The first-order chi connectivity index (χ1) is 9.04. The molecule has 0 bridgehead atoms. The zero-order valence-electron chi connectivity index (χ0n) is 10.7. The molecule has 0 spiro atoms. The molecule has 5 heteroatoms.